The first-order chi connectivity index (χ1) is 15.6. The number of hydrogen-bond donors (Lipinski definition) is 4. The van der Waals surface area contributed by atoms with Crippen molar-refractivity contribution >= 4 is 23.1 Å². The Morgan fingerprint density at radius 1 is 1.15 bits per heavy atom. The van der Waals surface area contributed by atoms with Crippen molar-refractivity contribution < 1.29 is 48.0 Å². The molecule has 3 aliphatic carbocycles. The first-order valence-electron chi connectivity index (χ1n) is 10.4. The number of benzene rings is 1. The standard InChI is InChI=1S/C23H22F3NO7/c1-8(28)14-19(31)17(27(2)3)12-7-9-6-10-11(23(24,25)26)4-5-13(29)16(10)18(30)15(9)21(33)22(12,34)20(14)32/h4-5,9,12,17,29-30,32,34H,6-7H2,1-3H3/t9-,12-,17-,22+/m0/s1. The number of hydrogen-bond acceptors (Lipinski definition) is 8. The van der Waals surface area contributed by atoms with Gasteiger partial charge in [-0.05, 0) is 57.5 Å². The monoisotopic (exact) mass is 481 g/mol. The number of carbonyl (C=O) groups is 3. The van der Waals surface area contributed by atoms with Gasteiger partial charge in [0, 0.05) is 11.5 Å². The largest absolute Gasteiger partial charge is 0.508 e. The number of carbonyl (C=O) groups excluding carboxylic acids is 3. The van der Waals surface area contributed by atoms with Gasteiger partial charge in [-0.25, -0.2) is 0 Å². The zero-order valence-electron chi connectivity index (χ0n) is 18.4. The van der Waals surface area contributed by atoms with Crippen LogP contribution in [-0.4, -0.2) is 68.4 Å². The molecule has 0 amide bonds. The van der Waals surface area contributed by atoms with Crippen molar-refractivity contribution in [2.45, 2.75) is 37.6 Å². The Hall–Kier alpha value is -3.18. The number of alkyl halides is 3. The molecule has 1 aromatic carbocycles. The summed E-state index contributed by atoms with van der Waals surface area (Å²) in [5.41, 5.74) is -6.07. The number of aromatic hydroxyl groups is 1. The number of fused-ring (bicyclic) bond motifs is 3. The second-order valence-electron chi connectivity index (χ2n) is 9.14. The molecule has 0 saturated heterocycles. The molecule has 3 aliphatic rings. The fourth-order valence-electron chi connectivity index (χ4n) is 5.61. The van der Waals surface area contributed by atoms with Gasteiger partial charge >= 0.3 is 6.18 Å². The van der Waals surface area contributed by atoms with E-state index >= 15 is 0 Å². The maximum absolute atomic E-state index is 13.6. The number of phenolic OH excluding ortho intramolecular Hbond substituents is 1. The van der Waals surface area contributed by atoms with Gasteiger partial charge in [-0.15, -0.1) is 0 Å². The minimum atomic E-state index is -4.81. The van der Waals surface area contributed by atoms with Crippen molar-refractivity contribution in [3.05, 3.63) is 45.7 Å². The number of aliphatic hydroxyl groups excluding tert-OH is 2. The Morgan fingerprint density at radius 3 is 2.29 bits per heavy atom. The number of likely N-dealkylation sites (N-methyl/N-ethyl adjacent to an activating group) is 1. The molecule has 1 aromatic rings. The van der Waals surface area contributed by atoms with E-state index in [0.29, 0.717) is 6.07 Å². The molecule has 1 saturated carbocycles. The Kier molecular flexibility index (Phi) is 5.22. The third kappa shape index (κ3) is 3.03. The van der Waals surface area contributed by atoms with Gasteiger partial charge in [0.1, 0.15) is 22.8 Å². The molecule has 4 N–H and O–H groups in total. The third-order valence-electron chi connectivity index (χ3n) is 7.02. The molecular formula is C23H22F3NO7. The maximum atomic E-state index is 13.6. The molecule has 0 unspecified atom stereocenters. The fraction of sp³-hybridized carbons (Fsp3) is 0.435. The molecule has 1 fully saturated rings. The topological polar surface area (TPSA) is 135 Å². The average Bonchev–Trinajstić information content (AvgIpc) is 2.69. The molecule has 8 nitrogen and oxygen atoms in total. The Balaban J connectivity index is 2.00. The van der Waals surface area contributed by atoms with Gasteiger partial charge in [0.15, 0.2) is 17.2 Å². The molecule has 0 bridgehead atoms. The number of halogens is 3. The van der Waals surface area contributed by atoms with Gasteiger partial charge < -0.3 is 20.4 Å². The van der Waals surface area contributed by atoms with Crippen LogP contribution in [0.15, 0.2) is 29.0 Å². The third-order valence-corrected chi connectivity index (χ3v) is 7.02. The summed E-state index contributed by atoms with van der Waals surface area (Å²) in [5.74, 6) is -8.06. The molecule has 4 atom stereocenters. The van der Waals surface area contributed by atoms with Crippen LogP contribution < -0.4 is 0 Å². The molecular weight excluding hydrogens is 459 g/mol. The zero-order valence-corrected chi connectivity index (χ0v) is 18.4. The van der Waals surface area contributed by atoms with E-state index in [1.165, 1.54) is 19.0 Å². The van der Waals surface area contributed by atoms with Gasteiger partial charge in [-0.3, -0.25) is 19.3 Å². The molecule has 34 heavy (non-hydrogen) atoms. The summed E-state index contributed by atoms with van der Waals surface area (Å²) in [6, 6.07) is 0.185. The Bertz CT molecular complexity index is 1210. The molecule has 182 valence electrons. The van der Waals surface area contributed by atoms with Gasteiger partial charge in [0.2, 0.25) is 5.78 Å². The lowest BCUT2D eigenvalue weighted by molar-refractivity contribution is -0.153. The minimum absolute atomic E-state index is 0.252. The van der Waals surface area contributed by atoms with Crippen LogP contribution in [0.25, 0.3) is 5.76 Å². The van der Waals surface area contributed by atoms with Crippen molar-refractivity contribution in [2.75, 3.05) is 14.1 Å². The SMILES string of the molecule is CC(=O)C1=C(O)[C@@]2(O)C(=O)C3=C(O)c4c(O)ccc(C(F)(F)F)c4C[C@H]3C[C@H]2[C@H](N(C)C)C1=O. The number of nitrogens with zero attached hydrogens (tertiary/aromatic N) is 1. The van der Waals surface area contributed by atoms with Crippen LogP contribution in [-0.2, 0) is 27.0 Å². The molecule has 4 rings (SSSR count). The van der Waals surface area contributed by atoms with Crippen LogP contribution in [0, 0.1) is 11.8 Å². The van der Waals surface area contributed by atoms with Crippen molar-refractivity contribution in [2.24, 2.45) is 11.8 Å². The lowest BCUT2D eigenvalue weighted by Gasteiger charge is -2.50. The van der Waals surface area contributed by atoms with E-state index in [1.807, 2.05) is 0 Å². The predicted octanol–water partition coefficient (Wildman–Crippen LogP) is 2.09. The van der Waals surface area contributed by atoms with Crippen LogP contribution in [0.2, 0.25) is 0 Å². The predicted molar refractivity (Wildman–Crippen MR) is 111 cm³/mol. The molecule has 0 heterocycles. The highest BCUT2D eigenvalue weighted by Crippen LogP contribution is 2.53. The van der Waals surface area contributed by atoms with Gasteiger partial charge in [-0.2, -0.15) is 13.2 Å². The van der Waals surface area contributed by atoms with Crippen molar-refractivity contribution in [3.63, 3.8) is 0 Å². The highest BCUT2D eigenvalue weighted by Gasteiger charge is 2.64. The van der Waals surface area contributed by atoms with Gasteiger partial charge in [-0.1, -0.05) is 0 Å². The van der Waals surface area contributed by atoms with Gasteiger partial charge in [0.05, 0.1) is 17.2 Å². The summed E-state index contributed by atoms with van der Waals surface area (Å²) in [6.07, 6.45) is -5.47. The summed E-state index contributed by atoms with van der Waals surface area (Å²) in [7, 11) is 2.93. The number of Topliss-reactive ketones (excluding diaryl/α,β-unsaturated/α-hetero) is 3. The van der Waals surface area contributed by atoms with E-state index in [0.717, 1.165) is 13.0 Å². The lowest BCUT2D eigenvalue weighted by Crippen LogP contribution is -2.65. The molecule has 0 aromatic heterocycles. The summed E-state index contributed by atoms with van der Waals surface area (Å²) >= 11 is 0. The molecule has 0 spiro atoms. The Labute approximate surface area is 191 Å². The summed E-state index contributed by atoms with van der Waals surface area (Å²) in [6.45, 7) is 0.986. The van der Waals surface area contributed by atoms with E-state index in [4.69, 9.17) is 0 Å². The molecule has 0 aliphatic heterocycles. The van der Waals surface area contributed by atoms with E-state index in [2.05, 4.69) is 0 Å². The van der Waals surface area contributed by atoms with Crippen LogP contribution in [0.4, 0.5) is 13.2 Å². The number of rotatable bonds is 2. The van der Waals surface area contributed by atoms with Crippen molar-refractivity contribution in [1.29, 1.82) is 0 Å². The van der Waals surface area contributed by atoms with E-state index < -0.39 is 98.5 Å². The number of aliphatic hydroxyl groups is 3. The van der Waals surface area contributed by atoms with Gasteiger partial charge in [0.25, 0.3) is 0 Å². The average molecular weight is 481 g/mol. The first kappa shape index (κ1) is 24.0. The minimum Gasteiger partial charge on any atom is -0.508 e. The smallest absolute Gasteiger partial charge is 0.416 e. The lowest BCUT2D eigenvalue weighted by atomic mass is 9.57. The highest BCUT2D eigenvalue weighted by atomic mass is 19.4. The number of phenols is 1. The van der Waals surface area contributed by atoms with Crippen molar-refractivity contribution in [1.82, 2.24) is 4.90 Å². The Morgan fingerprint density at radius 2 is 1.76 bits per heavy atom. The van der Waals surface area contributed by atoms with Crippen LogP contribution in [0.5, 0.6) is 5.75 Å². The zero-order chi connectivity index (χ0) is 25.5. The fourth-order valence-corrected chi connectivity index (χ4v) is 5.61. The maximum Gasteiger partial charge on any atom is 0.416 e. The normalized spacial score (nSPS) is 29.2. The highest BCUT2D eigenvalue weighted by molar-refractivity contribution is 6.25. The molecule has 11 heteroatoms. The van der Waals surface area contributed by atoms with E-state index in [-0.39, 0.29) is 6.42 Å². The van der Waals surface area contributed by atoms with E-state index in [1.54, 1.807) is 0 Å². The quantitative estimate of drug-likeness (QED) is 0.472. The summed E-state index contributed by atoms with van der Waals surface area (Å²) in [5, 5.41) is 43.3. The van der Waals surface area contributed by atoms with Crippen LogP contribution in [0.3, 0.4) is 0 Å². The summed E-state index contributed by atoms with van der Waals surface area (Å²) in [4.78, 5) is 40.1. The second kappa shape index (κ2) is 7.41. The van der Waals surface area contributed by atoms with Crippen molar-refractivity contribution in [3.8, 4) is 5.75 Å². The first-order valence-corrected chi connectivity index (χ1v) is 10.4. The second-order valence-corrected chi connectivity index (χ2v) is 9.14. The summed E-state index contributed by atoms with van der Waals surface area (Å²) < 4.78 is 40.9. The number of ketones is 3. The molecule has 0 radical (unpaired) electrons. The van der Waals surface area contributed by atoms with Crippen LogP contribution in [0.1, 0.15) is 30.0 Å². The van der Waals surface area contributed by atoms with Crippen LogP contribution >= 0.6 is 0 Å². The van der Waals surface area contributed by atoms with E-state index in [9.17, 15) is 48.0 Å².